The van der Waals surface area contributed by atoms with E-state index in [1.807, 2.05) is 41.9 Å². The Bertz CT molecular complexity index is 1340. The van der Waals surface area contributed by atoms with Gasteiger partial charge in [0.1, 0.15) is 29.7 Å². The molecule has 8 nitrogen and oxygen atoms in total. The average molecular weight is 474 g/mol. The third-order valence-electron chi connectivity index (χ3n) is 6.00. The smallest absolute Gasteiger partial charge is 0.337 e. The van der Waals surface area contributed by atoms with Crippen molar-refractivity contribution in [2.75, 3.05) is 38.3 Å². The van der Waals surface area contributed by atoms with Gasteiger partial charge in [0.05, 0.1) is 36.9 Å². The second kappa shape index (κ2) is 10.1. The molecule has 2 heterocycles. The number of carbonyl (C=O) groups is 1. The molecule has 0 N–H and O–H groups in total. The average Bonchev–Trinajstić information content (AvgIpc) is 3.22. The van der Waals surface area contributed by atoms with E-state index in [4.69, 9.17) is 23.9 Å². The van der Waals surface area contributed by atoms with Crippen LogP contribution in [0.1, 0.15) is 16.2 Å². The molecule has 8 heteroatoms. The Morgan fingerprint density at radius 2 is 1.74 bits per heavy atom. The normalized spacial score (nSPS) is 13.6. The SMILES string of the molecule is COC(=O)c1cccc(OCc2nc3ccc(Oc4cccc(N5CCOCC5)c4)cc3n2C)c1. The van der Waals surface area contributed by atoms with Crippen LogP contribution in [0.5, 0.6) is 17.2 Å². The van der Waals surface area contributed by atoms with E-state index in [0.29, 0.717) is 11.3 Å². The molecule has 0 spiro atoms. The van der Waals surface area contributed by atoms with Gasteiger partial charge in [-0.1, -0.05) is 12.1 Å². The lowest BCUT2D eigenvalue weighted by molar-refractivity contribution is 0.0600. The molecule has 0 aliphatic carbocycles. The van der Waals surface area contributed by atoms with Gasteiger partial charge >= 0.3 is 5.97 Å². The van der Waals surface area contributed by atoms with Gasteiger partial charge in [0.2, 0.25) is 0 Å². The largest absolute Gasteiger partial charge is 0.486 e. The van der Waals surface area contributed by atoms with Crippen molar-refractivity contribution in [3.05, 3.63) is 78.1 Å². The maximum Gasteiger partial charge on any atom is 0.337 e. The number of anilines is 1. The molecule has 1 aliphatic rings. The molecule has 0 amide bonds. The zero-order valence-electron chi connectivity index (χ0n) is 19.8. The quantitative estimate of drug-likeness (QED) is 0.364. The summed E-state index contributed by atoms with van der Waals surface area (Å²) in [5.41, 5.74) is 3.36. The van der Waals surface area contributed by atoms with E-state index in [0.717, 1.165) is 60.3 Å². The molecule has 3 aromatic carbocycles. The molecule has 180 valence electrons. The van der Waals surface area contributed by atoms with E-state index in [2.05, 4.69) is 17.0 Å². The predicted octanol–water partition coefficient (Wildman–Crippen LogP) is 4.57. The summed E-state index contributed by atoms with van der Waals surface area (Å²) < 4.78 is 24.3. The van der Waals surface area contributed by atoms with Crippen LogP contribution >= 0.6 is 0 Å². The van der Waals surface area contributed by atoms with Crippen LogP contribution in [0, 0.1) is 0 Å². The van der Waals surface area contributed by atoms with Crippen LogP contribution in [0.2, 0.25) is 0 Å². The van der Waals surface area contributed by atoms with Crippen LogP contribution in [-0.2, 0) is 23.1 Å². The summed E-state index contributed by atoms with van der Waals surface area (Å²) in [4.78, 5) is 18.8. The van der Waals surface area contributed by atoms with Gasteiger partial charge in [-0.05, 0) is 42.5 Å². The van der Waals surface area contributed by atoms with Crippen LogP contribution in [0.4, 0.5) is 5.69 Å². The maximum absolute atomic E-state index is 11.8. The lowest BCUT2D eigenvalue weighted by atomic mass is 10.2. The van der Waals surface area contributed by atoms with Crippen LogP contribution in [0.25, 0.3) is 11.0 Å². The second-order valence-electron chi connectivity index (χ2n) is 8.24. The Morgan fingerprint density at radius 3 is 2.57 bits per heavy atom. The summed E-state index contributed by atoms with van der Waals surface area (Å²) >= 11 is 0. The molecule has 1 fully saturated rings. The van der Waals surface area contributed by atoms with Gasteiger partial charge in [0.15, 0.2) is 0 Å². The van der Waals surface area contributed by atoms with E-state index in [-0.39, 0.29) is 6.61 Å². The third kappa shape index (κ3) is 5.07. The number of hydrogen-bond acceptors (Lipinski definition) is 7. The number of benzene rings is 3. The number of methoxy groups -OCH3 is 1. The summed E-state index contributed by atoms with van der Waals surface area (Å²) in [6.45, 7) is 3.49. The van der Waals surface area contributed by atoms with Crippen molar-refractivity contribution >= 4 is 22.7 Å². The van der Waals surface area contributed by atoms with Gasteiger partial charge in [-0.15, -0.1) is 0 Å². The number of aromatic nitrogens is 2. The van der Waals surface area contributed by atoms with E-state index in [9.17, 15) is 4.79 Å². The standard InChI is InChI=1S/C27H27N3O5/c1-29-25-17-23(35-22-8-4-6-20(16-22)30-11-13-33-14-12-30)9-10-24(25)28-26(29)18-34-21-7-3-5-19(15-21)27(31)32-2/h3-10,15-17H,11-14,18H2,1-2H3. The summed E-state index contributed by atoms with van der Waals surface area (Å²) in [5, 5.41) is 0. The fourth-order valence-corrected chi connectivity index (χ4v) is 4.09. The zero-order valence-corrected chi connectivity index (χ0v) is 19.8. The molecule has 1 aliphatic heterocycles. The molecule has 0 radical (unpaired) electrons. The Kier molecular flexibility index (Phi) is 6.54. The summed E-state index contributed by atoms with van der Waals surface area (Å²) in [6, 6.07) is 20.9. The molecule has 0 unspecified atom stereocenters. The lowest BCUT2D eigenvalue weighted by Gasteiger charge is -2.29. The highest BCUT2D eigenvalue weighted by atomic mass is 16.5. The number of hydrogen-bond donors (Lipinski definition) is 0. The van der Waals surface area contributed by atoms with Gasteiger partial charge in [0, 0.05) is 38.0 Å². The van der Waals surface area contributed by atoms with Crippen LogP contribution < -0.4 is 14.4 Å². The molecule has 0 atom stereocenters. The van der Waals surface area contributed by atoms with Crippen molar-refractivity contribution in [2.24, 2.45) is 7.05 Å². The Balaban J connectivity index is 1.31. The van der Waals surface area contributed by atoms with E-state index in [1.165, 1.54) is 7.11 Å². The number of imidazole rings is 1. The fourth-order valence-electron chi connectivity index (χ4n) is 4.09. The minimum absolute atomic E-state index is 0.258. The first-order chi connectivity index (χ1) is 17.1. The molecular weight excluding hydrogens is 446 g/mol. The predicted molar refractivity (Wildman–Crippen MR) is 132 cm³/mol. The number of rotatable bonds is 7. The Hall–Kier alpha value is -4.04. The van der Waals surface area contributed by atoms with Crippen LogP contribution in [-0.4, -0.2) is 48.9 Å². The van der Waals surface area contributed by atoms with Gasteiger partial charge in [-0.25, -0.2) is 9.78 Å². The molecule has 35 heavy (non-hydrogen) atoms. The second-order valence-corrected chi connectivity index (χ2v) is 8.24. The van der Waals surface area contributed by atoms with Gasteiger partial charge in [0.25, 0.3) is 0 Å². The molecule has 5 rings (SSSR count). The number of esters is 1. The van der Waals surface area contributed by atoms with Crippen molar-refractivity contribution in [3.63, 3.8) is 0 Å². The third-order valence-corrected chi connectivity index (χ3v) is 6.00. The number of aryl methyl sites for hydroxylation is 1. The molecule has 1 saturated heterocycles. The number of ether oxygens (including phenoxy) is 4. The zero-order chi connectivity index (χ0) is 24.2. The van der Waals surface area contributed by atoms with Crippen LogP contribution in [0.15, 0.2) is 66.7 Å². The molecule has 4 aromatic rings. The lowest BCUT2D eigenvalue weighted by Crippen LogP contribution is -2.36. The molecule has 1 aromatic heterocycles. The van der Waals surface area contributed by atoms with Crippen molar-refractivity contribution in [3.8, 4) is 17.2 Å². The van der Waals surface area contributed by atoms with Gasteiger partial charge < -0.3 is 28.4 Å². The van der Waals surface area contributed by atoms with Crippen molar-refractivity contribution in [1.82, 2.24) is 9.55 Å². The first kappa shape index (κ1) is 22.7. The Morgan fingerprint density at radius 1 is 0.971 bits per heavy atom. The molecule has 0 bridgehead atoms. The minimum Gasteiger partial charge on any atom is -0.486 e. The molecule has 0 saturated carbocycles. The Labute approximate surface area is 203 Å². The van der Waals surface area contributed by atoms with E-state index < -0.39 is 5.97 Å². The highest BCUT2D eigenvalue weighted by molar-refractivity contribution is 5.89. The summed E-state index contributed by atoms with van der Waals surface area (Å²) in [6.07, 6.45) is 0. The van der Waals surface area contributed by atoms with Gasteiger partial charge in [-0.2, -0.15) is 0 Å². The fraction of sp³-hybridized carbons (Fsp3) is 0.259. The highest BCUT2D eigenvalue weighted by Gasteiger charge is 2.14. The van der Waals surface area contributed by atoms with Gasteiger partial charge in [-0.3, -0.25) is 0 Å². The van der Waals surface area contributed by atoms with E-state index in [1.54, 1.807) is 24.3 Å². The first-order valence-corrected chi connectivity index (χ1v) is 11.5. The minimum atomic E-state index is -0.402. The summed E-state index contributed by atoms with van der Waals surface area (Å²) in [5.74, 6) is 2.45. The molecular formula is C27H27N3O5. The van der Waals surface area contributed by atoms with Crippen molar-refractivity contribution in [1.29, 1.82) is 0 Å². The summed E-state index contributed by atoms with van der Waals surface area (Å²) in [7, 11) is 3.30. The number of morpholine rings is 1. The number of carbonyl (C=O) groups excluding carboxylic acids is 1. The number of nitrogens with zero attached hydrogens (tertiary/aromatic N) is 3. The topological polar surface area (TPSA) is 75.1 Å². The highest BCUT2D eigenvalue weighted by Crippen LogP contribution is 2.29. The first-order valence-electron chi connectivity index (χ1n) is 11.5. The van der Waals surface area contributed by atoms with E-state index >= 15 is 0 Å². The van der Waals surface area contributed by atoms with Crippen molar-refractivity contribution in [2.45, 2.75) is 6.61 Å². The maximum atomic E-state index is 11.8. The van der Waals surface area contributed by atoms with Crippen LogP contribution in [0.3, 0.4) is 0 Å². The monoisotopic (exact) mass is 473 g/mol. The van der Waals surface area contributed by atoms with Crippen molar-refractivity contribution < 1.29 is 23.7 Å². The number of fused-ring (bicyclic) bond motifs is 1.